The molecule has 2 aromatic heterocycles. The summed E-state index contributed by atoms with van der Waals surface area (Å²) in [6.07, 6.45) is 1.59. The number of benzene rings is 2. The summed E-state index contributed by atoms with van der Waals surface area (Å²) in [6, 6.07) is 13.3. The molecule has 0 bridgehead atoms. The first kappa shape index (κ1) is 21.4. The van der Waals surface area contributed by atoms with Gasteiger partial charge in [-0.1, -0.05) is 24.3 Å². The van der Waals surface area contributed by atoms with Gasteiger partial charge in [-0.05, 0) is 59.1 Å². The van der Waals surface area contributed by atoms with Gasteiger partial charge in [0, 0.05) is 18.9 Å². The summed E-state index contributed by atoms with van der Waals surface area (Å²) >= 11 is -1.10. The van der Waals surface area contributed by atoms with Gasteiger partial charge in [-0.15, -0.1) is 10.2 Å². The van der Waals surface area contributed by atoms with Crippen LogP contribution in [0.2, 0.25) is 0 Å². The number of hydrogen-bond donors (Lipinski definition) is 1. The zero-order valence-corrected chi connectivity index (χ0v) is 18.8. The van der Waals surface area contributed by atoms with Crippen molar-refractivity contribution in [2.75, 3.05) is 11.1 Å². The molecule has 10 heteroatoms. The molecule has 2 atom stereocenters. The van der Waals surface area contributed by atoms with E-state index in [1.54, 1.807) is 31.4 Å². The summed E-state index contributed by atoms with van der Waals surface area (Å²) in [6.45, 7) is 1.96. The van der Waals surface area contributed by atoms with Crippen molar-refractivity contribution in [3.63, 3.8) is 0 Å². The molecular weight excluding hydrogens is 443 g/mol. The topological polar surface area (TPSA) is 101 Å². The molecule has 4 aromatic rings. The number of hydrogen-bond acceptors (Lipinski definition) is 6. The molecule has 0 spiro atoms. The van der Waals surface area contributed by atoms with E-state index in [0.29, 0.717) is 28.8 Å². The average molecular weight is 465 g/mol. The fourth-order valence-electron chi connectivity index (χ4n) is 3.99. The van der Waals surface area contributed by atoms with Gasteiger partial charge in [-0.3, -0.25) is 9.36 Å². The Bertz CT molecular complexity index is 1380. The van der Waals surface area contributed by atoms with Gasteiger partial charge in [-0.2, -0.15) is 5.10 Å². The van der Waals surface area contributed by atoms with Crippen molar-refractivity contribution in [3.05, 3.63) is 87.9 Å². The van der Waals surface area contributed by atoms with Crippen molar-refractivity contribution in [2.45, 2.75) is 18.7 Å². The molecule has 0 saturated heterocycles. The molecule has 2 aromatic carbocycles. The normalized spacial score (nSPS) is 17.6. The van der Waals surface area contributed by atoms with Gasteiger partial charge >= 0.3 is 0 Å². The summed E-state index contributed by atoms with van der Waals surface area (Å²) in [7, 11) is 1.61. The molecule has 0 aliphatic carbocycles. The Hall–Kier alpha value is -3.50. The van der Waals surface area contributed by atoms with Crippen LogP contribution in [0, 0.1) is 12.7 Å². The van der Waals surface area contributed by atoms with Gasteiger partial charge in [0.05, 0.1) is 5.56 Å². The van der Waals surface area contributed by atoms with E-state index in [0.717, 1.165) is 22.4 Å². The smallest absolute Gasteiger partial charge is 0.274 e. The third-order valence-electron chi connectivity index (χ3n) is 5.77. The Morgan fingerprint density at radius 1 is 1.15 bits per heavy atom. The van der Waals surface area contributed by atoms with Crippen LogP contribution in [0.1, 0.15) is 23.0 Å². The number of halogens is 1. The van der Waals surface area contributed by atoms with Crippen LogP contribution in [0.5, 0.6) is 0 Å². The number of rotatable bonds is 4. The number of aromatic nitrogens is 5. The molecule has 0 amide bonds. The highest BCUT2D eigenvalue weighted by atomic mass is 32.2. The van der Waals surface area contributed by atoms with Crippen molar-refractivity contribution in [1.82, 2.24) is 24.5 Å². The second kappa shape index (κ2) is 8.45. The van der Waals surface area contributed by atoms with Crippen molar-refractivity contribution in [1.29, 1.82) is 0 Å². The first-order valence-corrected chi connectivity index (χ1v) is 11.8. The highest BCUT2D eigenvalue weighted by molar-refractivity contribution is 7.90. The zero-order valence-electron chi connectivity index (χ0n) is 18.0. The molecule has 3 heterocycles. The molecule has 33 heavy (non-hydrogen) atoms. The van der Waals surface area contributed by atoms with E-state index in [1.165, 1.54) is 16.8 Å². The maximum Gasteiger partial charge on any atom is 0.274 e. The minimum Gasteiger partial charge on any atom is -0.616 e. The van der Waals surface area contributed by atoms with E-state index >= 15 is 0 Å². The SMILES string of the molecule is Cc1ccc(-c2ccnn(C)c2=O)cc1Nc1nnc2n1[C@H](c1ccc(F)cc1)C[S+]([O-])C2. The van der Waals surface area contributed by atoms with Crippen LogP contribution in [-0.2, 0) is 24.0 Å². The monoisotopic (exact) mass is 464 g/mol. The van der Waals surface area contributed by atoms with E-state index in [9.17, 15) is 13.7 Å². The minimum absolute atomic E-state index is 0.189. The lowest BCUT2D eigenvalue weighted by molar-refractivity contribution is 0.542. The van der Waals surface area contributed by atoms with Gasteiger partial charge in [0.1, 0.15) is 17.6 Å². The lowest BCUT2D eigenvalue weighted by Crippen LogP contribution is -2.30. The predicted octanol–water partition coefficient (Wildman–Crippen LogP) is 3.08. The van der Waals surface area contributed by atoms with Crippen molar-refractivity contribution in [2.24, 2.45) is 7.05 Å². The Balaban J connectivity index is 1.54. The Morgan fingerprint density at radius 3 is 2.73 bits per heavy atom. The van der Waals surface area contributed by atoms with Crippen molar-refractivity contribution in [3.8, 4) is 11.1 Å². The largest absolute Gasteiger partial charge is 0.616 e. The molecule has 8 nitrogen and oxygen atoms in total. The Kier molecular flexibility index (Phi) is 5.47. The molecule has 168 valence electrons. The molecule has 1 aliphatic heterocycles. The van der Waals surface area contributed by atoms with Gasteiger partial charge in [0.2, 0.25) is 5.95 Å². The van der Waals surface area contributed by atoms with Crippen LogP contribution in [0.4, 0.5) is 16.0 Å². The molecule has 5 rings (SSSR count). The second-order valence-electron chi connectivity index (χ2n) is 7.96. The number of fused-ring (bicyclic) bond motifs is 1. The fourth-order valence-corrected chi connectivity index (χ4v) is 5.29. The maximum atomic E-state index is 13.5. The first-order valence-electron chi connectivity index (χ1n) is 10.4. The summed E-state index contributed by atoms with van der Waals surface area (Å²) in [5, 5.41) is 15.9. The number of anilines is 2. The standard InChI is InChI=1S/C23H21FN6O2S/c1-14-3-4-16(18-9-10-25-29(2)22(18)31)11-19(14)26-23-28-27-21-13-33(32)12-20(30(21)23)15-5-7-17(24)8-6-15/h3-11,20H,12-13H2,1-2H3,(H,26,28)/t20-,33?/m0/s1. The van der Waals surface area contributed by atoms with Gasteiger partial charge in [0.15, 0.2) is 11.6 Å². The number of nitrogens with zero attached hydrogens (tertiary/aromatic N) is 5. The summed E-state index contributed by atoms with van der Waals surface area (Å²) < 4.78 is 29.2. The van der Waals surface area contributed by atoms with E-state index < -0.39 is 11.2 Å². The molecule has 1 aliphatic rings. The van der Waals surface area contributed by atoms with Gasteiger partial charge < -0.3 is 9.87 Å². The van der Waals surface area contributed by atoms with Crippen LogP contribution in [0.15, 0.2) is 59.5 Å². The quantitative estimate of drug-likeness (QED) is 0.466. The van der Waals surface area contributed by atoms with Gasteiger partial charge in [-0.25, -0.2) is 9.07 Å². The number of aryl methyl sites for hydroxylation is 2. The summed E-state index contributed by atoms with van der Waals surface area (Å²) in [5.74, 6) is 1.47. The van der Waals surface area contributed by atoms with Crippen LogP contribution in [0.3, 0.4) is 0 Å². The Morgan fingerprint density at radius 2 is 1.94 bits per heavy atom. The highest BCUT2D eigenvalue weighted by Crippen LogP contribution is 2.33. The minimum atomic E-state index is -1.10. The molecule has 0 fully saturated rings. The molecule has 0 saturated carbocycles. The first-order chi connectivity index (χ1) is 15.9. The van der Waals surface area contributed by atoms with Crippen LogP contribution in [0.25, 0.3) is 11.1 Å². The lowest BCUT2D eigenvalue weighted by Gasteiger charge is -2.28. The number of nitrogens with one attached hydrogen (secondary N) is 1. The average Bonchev–Trinajstić information content (AvgIpc) is 3.19. The van der Waals surface area contributed by atoms with Crippen LogP contribution < -0.4 is 10.9 Å². The zero-order chi connectivity index (χ0) is 23.1. The third-order valence-corrected chi connectivity index (χ3v) is 7.03. The van der Waals surface area contributed by atoms with E-state index in [1.807, 2.05) is 29.7 Å². The van der Waals surface area contributed by atoms with E-state index in [2.05, 4.69) is 20.6 Å². The van der Waals surface area contributed by atoms with E-state index in [-0.39, 0.29) is 17.4 Å². The maximum absolute atomic E-state index is 13.5. The van der Waals surface area contributed by atoms with Crippen molar-refractivity contribution >= 4 is 22.8 Å². The lowest BCUT2D eigenvalue weighted by atomic mass is 10.0. The van der Waals surface area contributed by atoms with Crippen molar-refractivity contribution < 1.29 is 8.94 Å². The van der Waals surface area contributed by atoms with Crippen LogP contribution in [-0.4, -0.2) is 34.9 Å². The second-order valence-corrected chi connectivity index (χ2v) is 9.46. The van der Waals surface area contributed by atoms with Gasteiger partial charge in [0.25, 0.3) is 5.56 Å². The molecule has 0 radical (unpaired) electrons. The highest BCUT2D eigenvalue weighted by Gasteiger charge is 2.33. The van der Waals surface area contributed by atoms with Crippen LogP contribution >= 0.6 is 0 Å². The molecular formula is C23H21FN6O2S. The summed E-state index contributed by atoms with van der Waals surface area (Å²) in [4.78, 5) is 12.5. The molecule has 1 N–H and O–H groups in total. The third kappa shape index (κ3) is 4.03. The Labute approximate surface area is 192 Å². The molecule has 1 unspecified atom stereocenters. The van der Waals surface area contributed by atoms with E-state index in [4.69, 9.17) is 0 Å². The fraction of sp³-hybridized carbons (Fsp3) is 0.217. The summed E-state index contributed by atoms with van der Waals surface area (Å²) in [5.41, 5.74) is 3.66. The predicted molar refractivity (Wildman–Crippen MR) is 124 cm³/mol.